The minimum absolute atomic E-state index is 0.0580. The van der Waals surface area contributed by atoms with Gasteiger partial charge in [0.1, 0.15) is 0 Å². The summed E-state index contributed by atoms with van der Waals surface area (Å²) >= 11 is 0. The SMILES string of the molecule is C/C=C/C=C/C(=O)Oc1c(C=O)ccc(O)c1OC. The molecule has 5 nitrogen and oxygen atoms in total. The Labute approximate surface area is 110 Å². The fraction of sp³-hybridized carbons (Fsp3) is 0.143. The normalized spacial score (nSPS) is 10.8. The number of esters is 1. The lowest BCUT2D eigenvalue weighted by atomic mass is 10.2. The van der Waals surface area contributed by atoms with Crippen molar-refractivity contribution in [3.05, 3.63) is 42.0 Å². The fourth-order valence-corrected chi connectivity index (χ4v) is 1.34. The van der Waals surface area contributed by atoms with Crippen LogP contribution in [0, 0.1) is 0 Å². The molecular formula is C14H14O5. The Bertz CT molecular complexity index is 529. The lowest BCUT2D eigenvalue weighted by molar-refractivity contribution is -0.129. The van der Waals surface area contributed by atoms with E-state index >= 15 is 0 Å². The summed E-state index contributed by atoms with van der Waals surface area (Å²) in [6.07, 6.45) is 6.60. The Kier molecular flexibility index (Phi) is 5.35. The Morgan fingerprint density at radius 1 is 1.26 bits per heavy atom. The van der Waals surface area contributed by atoms with Crippen molar-refractivity contribution >= 4 is 12.3 Å². The zero-order valence-corrected chi connectivity index (χ0v) is 10.6. The molecule has 0 aliphatic heterocycles. The molecule has 0 bridgehead atoms. The maximum atomic E-state index is 11.5. The molecule has 0 fully saturated rings. The quantitative estimate of drug-likeness (QED) is 0.290. The molecule has 0 radical (unpaired) electrons. The molecule has 0 spiro atoms. The number of methoxy groups -OCH3 is 1. The van der Waals surface area contributed by atoms with Crippen LogP contribution in [-0.2, 0) is 4.79 Å². The molecule has 19 heavy (non-hydrogen) atoms. The van der Waals surface area contributed by atoms with Crippen LogP contribution in [0.3, 0.4) is 0 Å². The maximum absolute atomic E-state index is 11.5. The summed E-state index contributed by atoms with van der Waals surface area (Å²) in [5, 5.41) is 9.58. The zero-order chi connectivity index (χ0) is 14.3. The summed E-state index contributed by atoms with van der Waals surface area (Å²) in [7, 11) is 1.30. The van der Waals surface area contributed by atoms with Crippen molar-refractivity contribution in [1.29, 1.82) is 0 Å². The van der Waals surface area contributed by atoms with Crippen molar-refractivity contribution in [1.82, 2.24) is 0 Å². The lowest BCUT2D eigenvalue weighted by Gasteiger charge is -2.11. The largest absolute Gasteiger partial charge is 0.504 e. The van der Waals surface area contributed by atoms with Crippen LogP contribution in [0.4, 0.5) is 0 Å². The molecule has 0 heterocycles. The number of aldehydes is 1. The monoisotopic (exact) mass is 262 g/mol. The van der Waals surface area contributed by atoms with E-state index in [1.54, 1.807) is 19.1 Å². The third-order valence-electron chi connectivity index (χ3n) is 2.19. The van der Waals surface area contributed by atoms with Gasteiger partial charge in [0.15, 0.2) is 17.8 Å². The fourth-order valence-electron chi connectivity index (χ4n) is 1.34. The van der Waals surface area contributed by atoms with Gasteiger partial charge in [0.2, 0.25) is 5.75 Å². The first kappa shape index (κ1) is 14.5. The minimum Gasteiger partial charge on any atom is -0.504 e. The topological polar surface area (TPSA) is 72.8 Å². The third-order valence-corrected chi connectivity index (χ3v) is 2.19. The minimum atomic E-state index is -0.676. The van der Waals surface area contributed by atoms with E-state index in [0.717, 1.165) is 0 Å². The van der Waals surface area contributed by atoms with Crippen molar-refractivity contribution in [2.24, 2.45) is 0 Å². The van der Waals surface area contributed by atoms with Gasteiger partial charge in [-0.05, 0) is 19.1 Å². The first-order valence-electron chi connectivity index (χ1n) is 5.50. The molecule has 0 aliphatic carbocycles. The highest BCUT2D eigenvalue weighted by atomic mass is 16.6. The number of hydrogen-bond acceptors (Lipinski definition) is 5. The molecule has 100 valence electrons. The molecule has 1 N–H and O–H groups in total. The van der Waals surface area contributed by atoms with E-state index in [0.29, 0.717) is 6.29 Å². The van der Waals surface area contributed by atoms with Gasteiger partial charge in [-0.2, -0.15) is 0 Å². The van der Waals surface area contributed by atoms with Crippen molar-refractivity contribution in [3.8, 4) is 17.2 Å². The van der Waals surface area contributed by atoms with E-state index in [9.17, 15) is 14.7 Å². The van der Waals surface area contributed by atoms with Crippen LogP contribution in [0.15, 0.2) is 36.4 Å². The van der Waals surface area contributed by atoms with Crippen LogP contribution in [0.2, 0.25) is 0 Å². The average Bonchev–Trinajstić information content (AvgIpc) is 2.39. The summed E-state index contributed by atoms with van der Waals surface area (Å²) in [4.78, 5) is 22.4. The van der Waals surface area contributed by atoms with Crippen LogP contribution in [0.25, 0.3) is 0 Å². The molecule has 0 saturated heterocycles. The molecule has 0 amide bonds. The highest BCUT2D eigenvalue weighted by molar-refractivity contribution is 5.89. The maximum Gasteiger partial charge on any atom is 0.336 e. The van der Waals surface area contributed by atoms with Gasteiger partial charge in [0.05, 0.1) is 12.7 Å². The molecule has 0 aliphatic rings. The van der Waals surface area contributed by atoms with Crippen molar-refractivity contribution < 1.29 is 24.2 Å². The van der Waals surface area contributed by atoms with E-state index in [1.165, 1.54) is 31.4 Å². The highest BCUT2D eigenvalue weighted by Gasteiger charge is 2.17. The van der Waals surface area contributed by atoms with Crippen molar-refractivity contribution in [3.63, 3.8) is 0 Å². The van der Waals surface area contributed by atoms with E-state index in [1.807, 2.05) is 0 Å². The zero-order valence-electron chi connectivity index (χ0n) is 10.6. The summed E-state index contributed by atoms with van der Waals surface area (Å²) in [5.41, 5.74) is 0.113. The smallest absolute Gasteiger partial charge is 0.336 e. The molecule has 1 aromatic carbocycles. The van der Waals surface area contributed by atoms with Gasteiger partial charge in [-0.15, -0.1) is 0 Å². The first-order chi connectivity index (χ1) is 9.13. The molecule has 1 aromatic rings. The third kappa shape index (κ3) is 3.70. The van der Waals surface area contributed by atoms with Gasteiger partial charge in [0.25, 0.3) is 0 Å². The number of rotatable bonds is 5. The van der Waals surface area contributed by atoms with Crippen molar-refractivity contribution in [2.75, 3.05) is 7.11 Å². The second kappa shape index (κ2) is 7.00. The van der Waals surface area contributed by atoms with Crippen LogP contribution < -0.4 is 9.47 Å². The summed E-state index contributed by atoms with van der Waals surface area (Å²) in [6.45, 7) is 1.80. The Morgan fingerprint density at radius 2 is 2.00 bits per heavy atom. The Morgan fingerprint density at radius 3 is 2.58 bits per heavy atom. The number of ether oxygens (including phenoxy) is 2. The van der Waals surface area contributed by atoms with Gasteiger partial charge in [-0.25, -0.2) is 4.79 Å². The lowest BCUT2D eigenvalue weighted by Crippen LogP contribution is -2.07. The van der Waals surface area contributed by atoms with Crippen LogP contribution in [0.5, 0.6) is 17.2 Å². The molecule has 0 atom stereocenters. The predicted octanol–water partition coefficient (Wildman–Crippen LogP) is 2.25. The highest BCUT2D eigenvalue weighted by Crippen LogP contribution is 2.38. The first-order valence-corrected chi connectivity index (χ1v) is 5.50. The Hall–Kier alpha value is -2.56. The van der Waals surface area contributed by atoms with E-state index in [4.69, 9.17) is 9.47 Å². The molecule has 1 rings (SSSR count). The average molecular weight is 262 g/mol. The van der Waals surface area contributed by atoms with Gasteiger partial charge in [-0.1, -0.05) is 18.2 Å². The molecule has 5 heteroatoms. The second-order valence-corrected chi connectivity index (χ2v) is 3.46. The number of phenolic OH excluding ortho intramolecular Hbond substituents is 1. The van der Waals surface area contributed by atoms with Gasteiger partial charge in [-0.3, -0.25) is 4.79 Å². The number of carbonyl (C=O) groups is 2. The predicted molar refractivity (Wildman–Crippen MR) is 69.6 cm³/mol. The summed E-state index contributed by atoms with van der Waals surface area (Å²) < 4.78 is 9.93. The van der Waals surface area contributed by atoms with E-state index in [2.05, 4.69) is 0 Å². The van der Waals surface area contributed by atoms with Gasteiger partial charge < -0.3 is 14.6 Å². The van der Waals surface area contributed by atoms with Gasteiger partial charge >= 0.3 is 5.97 Å². The van der Waals surface area contributed by atoms with Crippen LogP contribution in [-0.4, -0.2) is 24.5 Å². The van der Waals surface area contributed by atoms with Crippen molar-refractivity contribution in [2.45, 2.75) is 6.92 Å². The molecule has 0 saturated carbocycles. The molecule has 0 unspecified atom stereocenters. The Balaban J connectivity index is 3.08. The number of aromatic hydroxyl groups is 1. The number of benzene rings is 1. The van der Waals surface area contributed by atoms with E-state index < -0.39 is 5.97 Å². The molecular weight excluding hydrogens is 248 g/mol. The van der Waals surface area contributed by atoms with Crippen LogP contribution in [0.1, 0.15) is 17.3 Å². The number of carbonyl (C=O) groups excluding carboxylic acids is 2. The number of allylic oxidation sites excluding steroid dienone is 3. The van der Waals surface area contributed by atoms with E-state index in [-0.39, 0.29) is 22.8 Å². The summed E-state index contributed by atoms with van der Waals surface area (Å²) in [5.74, 6) is -1.05. The number of hydrogen-bond donors (Lipinski definition) is 1. The van der Waals surface area contributed by atoms with Crippen LogP contribution >= 0.6 is 0 Å². The summed E-state index contributed by atoms with van der Waals surface area (Å²) in [6, 6.07) is 2.62. The molecule has 0 aromatic heterocycles. The number of phenols is 1. The van der Waals surface area contributed by atoms with Gasteiger partial charge in [0, 0.05) is 6.08 Å². The standard InChI is InChI=1S/C14H14O5/c1-3-4-5-6-12(17)19-13-10(9-15)7-8-11(16)14(13)18-2/h3-9,16H,1-2H3/b4-3+,6-5+. The second-order valence-electron chi connectivity index (χ2n) is 3.46.